The number of amides is 4. The summed E-state index contributed by atoms with van der Waals surface area (Å²) in [4.78, 5) is 56.4. The van der Waals surface area contributed by atoms with Gasteiger partial charge in [-0.05, 0) is 55.3 Å². The van der Waals surface area contributed by atoms with Crippen molar-refractivity contribution in [1.29, 1.82) is 0 Å². The lowest BCUT2D eigenvalue weighted by molar-refractivity contribution is 0.0535. The van der Waals surface area contributed by atoms with E-state index < -0.39 is 5.82 Å². The van der Waals surface area contributed by atoms with Crippen LogP contribution in [-0.2, 0) is 0 Å². The summed E-state index contributed by atoms with van der Waals surface area (Å²) in [5.41, 5.74) is 1.43. The Balaban J connectivity index is 1.26. The number of benzene rings is 2. The van der Waals surface area contributed by atoms with E-state index in [0.717, 1.165) is 32.1 Å². The number of nitrogens with zero attached hydrogens (tertiary/aromatic N) is 3. The van der Waals surface area contributed by atoms with Crippen LogP contribution >= 0.6 is 0 Å². The van der Waals surface area contributed by atoms with Crippen LogP contribution in [0.5, 0.6) is 0 Å². The van der Waals surface area contributed by atoms with Crippen molar-refractivity contribution in [1.82, 2.24) is 14.7 Å². The Morgan fingerprint density at radius 1 is 0.706 bits per heavy atom. The minimum atomic E-state index is -0.400. The van der Waals surface area contributed by atoms with Crippen molar-refractivity contribution in [2.75, 3.05) is 26.2 Å². The molecule has 2 heterocycles. The molecule has 0 spiro atoms. The van der Waals surface area contributed by atoms with E-state index in [9.17, 15) is 23.6 Å². The predicted octanol–water partition coefficient (Wildman–Crippen LogP) is 3.35. The van der Waals surface area contributed by atoms with Crippen LogP contribution in [-0.4, -0.2) is 70.5 Å². The van der Waals surface area contributed by atoms with Crippen molar-refractivity contribution >= 4 is 23.6 Å². The lowest BCUT2D eigenvalue weighted by Gasteiger charge is -2.35. The molecule has 2 fully saturated rings. The van der Waals surface area contributed by atoms with Crippen molar-refractivity contribution in [2.45, 2.75) is 38.1 Å². The van der Waals surface area contributed by atoms with Crippen molar-refractivity contribution in [3.63, 3.8) is 0 Å². The van der Waals surface area contributed by atoms with Crippen molar-refractivity contribution in [3.05, 3.63) is 70.5 Å². The fraction of sp³-hybridized carbons (Fsp3) is 0.385. The predicted molar refractivity (Wildman–Crippen MR) is 122 cm³/mol. The summed E-state index contributed by atoms with van der Waals surface area (Å²) in [6.07, 6.45) is 4.81. The first-order valence-corrected chi connectivity index (χ1v) is 11.8. The van der Waals surface area contributed by atoms with E-state index in [-0.39, 0.29) is 29.7 Å². The van der Waals surface area contributed by atoms with Crippen LogP contribution in [0, 0.1) is 5.82 Å². The van der Waals surface area contributed by atoms with Gasteiger partial charge in [-0.3, -0.25) is 24.1 Å². The Kier molecular flexibility index (Phi) is 5.89. The Labute approximate surface area is 197 Å². The molecule has 1 aliphatic carbocycles. The molecule has 0 unspecified atom stereocenters. The topological polar surface area (TPSA) is 78.0 Å². The number of rotatable bonds is 3. The second-order valence-corrected chi connectivity index (χ2v) is 9.12. The van der Waals surface area contributed by atoms with Gasteiger partial charge in [0.2, 0.25) is 0 Å². The van der Waals surface area contributed by atoms with E-state index in [1.807, 2.05) is 0 Å². The average molecular weight is 464 g/mol. The third kappa shape index (κ3) is 3.97. The minimum absolute atomic E-state index is 0.0629. The van der Waals surface area contributed by atoms with Gasteiger partial charge in [-0.25, -0.2) is 4.39 Å². The van der Waals surface area contributed by atoms with Crippen molar-refractivity contribution in [3.8, 4) is 0 Å². The van der Waals surface area contributed by atoms with Gasteiger partial charge >= 0.3 is 0 Å². The van der Waals surface area contributed by atoms with E-state index in [2.05, 4.69) is 0 Å². The molecule has 0 aromatic heterocycles. The summed E-state index contributed by atoms with van der Waals surface area (Å²) in [6, 6.07) is 10.1. The van der Waals surface area contributed by atoms with Gasteiger partial charge < -0.3 is 9.80 Å². The first-order valence-electron chi connectivity index (χ1n) is 11.8. The second kappa shape index (κ2) is 9.00. The van der Waals surface area contributed by atoms with Gasteiger partial charge in [0.15, 0.2) is 0 Å². The monoisotopic (exact) mass is 463 g/mol. The highest BCUT2D eigenvalue weighted by molar-refractivity contribution is 6.22. The molecule has 1 saturated heterocycles. The zero-order valence-electron chi connectivity index (χ0n) is 18.8. The quantitative estimate of drug-likeness (QED) is 0.654. The number of halogens is 1. The summed E-state index contributed by atoms with van der Waals surface area (Å²) < 4.78 is 13.1. The first-order chi connectivity index (χ1) is 16.4. The molecule has 2 aliphatic heterocycles. The Morgan fingerprint density at radius 3 is 1.85 bits per heavy atom. The molecule has 7 nitrogen and oxygen atoms in total. The summed E-state index contributed by atoms with van der Waals surface area (Å²) in [6.45, 7) is 1.42. The largest absolute Gasteiger partial charge is 0.335 e. The average Bonchev–Trinajstić information content (AvgIpc) is 3.13. The third-order valence-electron chi connectivity index (χ3n) is 7.05. The number of hydrogen-bond acceptors (Lipinski definition) is 4. The first kappa shape index (κ1) is 22.3. The number of carbonyl (C=O) groups is 4. The van der Waals surface area contributed by atoms with Crippen molar-refractivity contribution in [2.24, 2.45) is 0 Å². The highest BCUT2D eigenvalue weighted by Gasteiger charge is 2.40. The zero-order valence-corrected chi connectivity index (χ0v) is 18.8. The van der Waals surface area contributed by atoms with Crippen LogP contribution in [0.25, 0.3) is 0 Å². The van der Waals surface area contributed by atoms with Crippen molar-refractivity contribution < 1.29 is 23.6 Å². The van der Waals surface area contributed by atoms with E-state index in [1.165, 1.54) is 35.2 Å². The van der Waals surface area contributed by atoms with E-state index >= 15 is 0 Å². The smallest absolute Gasteiger partial charge is 0.261 e. The van der Waals surface area contributed by atoms with Crippen LogP contribution in [0.15, 0.2) is 42.5 Å². The summed E-state index contributed by atoms with van der Waals surface area (Å²) in [5, 5.41) is 0. The standard InChI is InChI=1S/C26H26FN3O4/c27-19-9-6-17(7-10-19)23(31)28-12-14-29(15-13-28)24(32)18-8-11-21-22(16-18)26(34)30(25(21)33)20-4-2-1-3-5-20/h6-11,16,20H,1-5,12-15H2. The molecule has 2 aromatic carbocycles. The molecule has 1 saturated carbocycles. The van der Waals surface area contributed by atoms with Gasteiger partial charge in [0.25, 0.3) is 23.6 Å². The molecule has 3 aliphatic rings. The Morgan fingerprint density at radius 2 is 1.24 bits per heavy atom. The molecule has 0 N–H and O–H groups in total. The molecular weight excluding hydrogens is 437 g/mol. The Bertz CT molecular complexity index is 1150. The number of piperazine rings is 1. The molecule has 0 atom stereocenters. The summed E-state index contributed by atoms with van der Waals surface area (Å²) in [5.74, 6) is -1.40. The maximum atomic E-state index is 13.1. The molecule has 0 bridgehead atoms. The van der Waals surface area contributed by atoms with E-state index in [1.54, 1.807) is 21.9 Å². The zero-order chi connectivity index (χ0) is 23.8. The summed E-state index contributed by atoms with van der Waals surface area (Å²) in [7, 11) is 0. The van der Waals surface area contributed by atoms with Gasteiger partial charge in [-0.15, -0.1) is 0 Å². The maximum absolute atomic E-state index is 13.1. The van der Waals surface area contributed by atoms with Gasteiger partial charge in [0, 0.05) is 43.3 Å². The number of imide groups is 1. The molecule has 2 aromatic rings. The van der Waals surface area contributed by atoms with Gasteiger partial charge in [-0.2, -0.15) is 0 Å². The molecule has 0 radical (unpaired) electrons. The Hall–Kier alpha value is -3.55. The molecule has 34 heavy (non-hydrogen) atoms. The van der Waals surface area contributed by atoms with E-state index in [4.69, 9.17) is 0 Å². The van der Waals surface area contributed by atoms with Crippen LogP contribution in [0.4, 0.5) is 4.39 Å². The normalized spacial score (nSPS) is 18.9. The fourth-order valence-corrected chi connectivity index (χ4v) is 5.13. The summed E-state index contributed by atoms with van der Waals surface area (Å²) >= 11 is 0. The fourth-order valence-electron chi connectivity index (χ4n) is 5.13. The molecule has 8 heteroatoms. The van der Waals surface area contributed by atoms with Crippen LogP contribution in [0.2, 0.25) is 0 Å². The highest BCUT2D eigenvalue weighted by atomic mass is 19.1. The van der Waals surface area contributed by atoms with Crippen LogP contribution in [0.3, 0.4) is 0 Å². The molecule has 4 amide bonds. The van der Waals surface area contributed by atoms with E-state index in [0.29, 0.717) is 48.4 Å². The van der Waals surface area contributed by atoms with Gasteiger partial charge in [0.1, 0.15) is 5.82 Å². The lowest BCUT2D eigenvalue weighted by Crippen LogP contribution is -2.50. The van der Waals surface area contributed by atoms with Gasteiger partial charge in [-0.1, -0.05) is 19.3 Å². The van der Waals surface area contributed by atoms with Crippen LogP contribution < -0.4 is 0 Å². The number of hydrogen-bond donors (Lipinski definition) is 0. The second-order valence-electron chi connectivity index (χ2n) is 9.12. The molecule has 176 valence electrons. The van der Waals surface area contributed by atoms with Gasteiger partial charge in [0.05, 0.1) is 11.1 Å². The number of carbonyl (C=O) groups excluding carboxylic acids is 4. The maximum Gasteiger partial charge on any atom is 0.261 e. The lowest BCUT2D eigenvalue weighted by atomic mass is 9.94. The SMILES string of the molecule is O=C(c1ccc(F)cc1)N1CCN(C(=O)c2ccc3c(c2)C(=O)N(C2CCCCC2)C3=O)CC1. The molecule has 5 rings (SSSR count). The highest BCUT2D eigenvalue weighted by Crippen LogP contribution is 2.31. The van der Waals surface area contributed by atoms with Crippen LogP contribution in [0.1, 0.15) is 73.5 Å². The minimum Gasteiger partial charge on any atom is -0.335 e. The third-order valence-corrected chi connectivity index (χ3v) is 7.05. The number of fused-ring (bicyclic) bond motifs is 1. The molecular formula is C26H26FN3O4.